The van der Waals surface area contributed by atoms with Gasteiger partial charge in [-0.25, -0.2) is 0 Å². The molecule has 0 radical (unpaired) electrons. The fraction of sp³-hybridized carbons (Fsp3) is 0.333. The molecule has 3 N–H and O–H groups in total. The average Bonchev–Trinajstić information content (AvgIpc) is 2.82. The van der Waals surface area contributed by atoms with Gasteiger partial charge in [0.15, 0.2) is 5.76 Å². The lowest BCUT2D eigenvalue weighted by molar-refractivity contribution is 0.234. The maximum atomic E-state index is 5.78. The second-order valence-corrected chi connectivity index (χ2v) is 4.09. The summed E-state index contributed by atoms with van der Waals surface area (Å²) in [5.41, 5.74) is 6.31. The van der Waals surface area contributed by atoms with Crippen molar-refractivity contribution in [2.45, 2.75) is 26.5 Å². The zero-order chi connectivity index (χ0) is 13.0. The monoisotopic (exact) mass is 248 g/mol. The van der Waals surface area contributed by atoms with Crippen LogP contribution in [-0.2, 0) is 6.54 Å². The van der Waals surface area contributed by atoms with Crippen molar-refractivity contribution >= 4 is 11.5 Å². The van der Waals surface area contributed by atoms with Crippen molar-refractivity contribution in [3.8, 4) is 5.88 Å². The number of hydrogen-bond acceptors (Lipinski definition) is 6. The van der Waals surface area contributed by atoms with Crippen molar-refractivity contribution < 1.29 is 9.26 Å². The molecule has 18 heavy (non-hydrogen) atoms. The van der Waals surface area contributed by atoms with Crippen molar-refractivity contribution in [2.75, 3.05) is 11.1 Å². The molecular formula is C12H16N4O2. The standard InChI is InChI=1S/C12H16N4O2/c1-8(2)17-12-10(13)3-4-11(16-12)14-7-9-5-6-15-18-9/h3-6,8H,7,13H2,1-2H3,(H,14,16). The third-order valence-electron chi connectivity index (χ3n) is 2.17. The number of anilines is 2. The molecular weight excluding hydrogens is 232 g/mol. The number of rotatable bonds is 5. The minimum atomic E-state index is 0.0318. The number of hydrogen-bond donors (Lipinski definition) is 2. The van der Waals surface area contributed by atoms with Gasteiger partial charge in [0.1, 0.15) is 5.82 Å². The Hall–Kier alpha value is -2.24. The summed E-state index contributed by atoms with van der Waals surface area (Å²) in [7, 11) is 0. The van der Waals surface area contributed by atoms with Crippen LogP contribution >= 0.6 is 0 Å². The molecule has 96 valence electrons. The van der Waals surface area contributed by atoms with Crippen LogP contribution in [0.3, 0.4) is 0 Å². The fourth-order valence-corrected chi connectivity index (χ4v) is 1.38. The molecule has 0 saturated carbocycles. The van der Waals surface area contributed by atoms with Gasteiger partial charge >= 0.3 is 0 Å². The van der Waals surface area contributed by atoms with Gasteiger partial charge in [-0.05, 0) is 26.0 Å². The van der Waals surface area contributed by atoms with Gasteiger partial charge in [0.2, 0.25) is 5.88 Å². The number of ether oxygens (including phenoxy) is 1. The molecule has 0 amide bonds. The van der Waals surface area contributed by atoms with E-state index in [2.05, 4.69) is 15.5 Å². The summed E-state index contributed by atoms with van der Waals surface area (Å²) < 4.78 is 10.5. The lowest BCUT2D eigenvalue weighted by Gasteiger charge is -2.12. The minimum absolute atomic E-state index is 0.0318. The van der Waals surface area contributed by atoms with E-state index in [9.17, 15) is 0 Å². The van der Waals surface area contributed by atoms with Gasteiger partial charge in [-0.15, -0.1) is 0 Å². The highest BCUT2D eigenvalue weighted by atomic mass is 16.5. The first-order chi connectivity index (χ1) is 8.65. The maximum Gasteiger partial charge on any atom is 0.239 e. The van der Waals surface area contributed by atoms with Crippen LogP contribution in [0.1, 0.15) is 19.6 Å². The van der Waals surface area contributed by atoms with Gasteiger partial charge in [-0.2, -0.15) is 4.98 Å². The predicted octanol–water partition coefficient (Wildman–Crippen LogP) is 2.05. The predicted molar refractivity (Wildman–Crippen MR) is 68.2 cm³/mol. The first kappa shape index (κ1) is 12.2. The van der Waals surface area contributed by atoms with Crippen molar-refractivity contribution in [1.29, 1.82) is 0 Å². The lowest BCUT2D eigenvalue weighted by atomic mass is 10.3. The highest BCUT2D eigenvalue weighted by Crippen LogP contribution is 2.22. The molecule has 0 aromatic carbocycles. The van der Waals surface area contributed by atoms with E-state index in [1.165, 1.54) is 0 Å². The number of aromatic nitrogens is 2. The molecule has 6 nitrogen and oxygen atoms in total. The van der Waals surface area contributed by atoms with Gasteiger partial charge in [0.05, 0.1) is 24.5 Å². The molecule has 0 aliphatic rings. The van der Waals surface area contributed by atoms with E-state index in [0.717, 1.165) is 5.76 Å². The Kier molecular flexibility index (Phi) is 3.66. The molecule has 0 atom stereocenters. The maximum absolute atomic E-state index is 5.78. The number of nitrogens with one attached hydrogen (secondary N) is 1. The SMILES string of the molecule is CC(C)Oc1nc(NCc2ccno2)ccc1N. The quantitative estimate of drug-likeness (QED) is 0.842. The smallest absolute Gasteiger partial charge is 0.239 e. The molecule has 2 rings (SSSR count). The molecule has 0 spiro atoms. The van der Waals surface area contributed by atoms with Crippen LogP contribution in [0.4, 0.5) is 11.5 Å². The van der Waals surface area contributed by atoms with Crippen LogP contribution in [0, 0.1) is 0 Å². The van der Waals surface area contributed by atoms with E-state index in [0.29, 0.717) is 23.9 Å². The summed E-state index contributed by atoms with van der Waals surface area (Å²) in [5.74, 6) is 1.85. The van der Waals surface area contributed by atoms with E-state index in [4.69, 9.17) is 15.0 Å². The van der Waals surface area contributed by atoms with Crippen LogP contribution in [0.2, 0.25) is 0 Å². The topological polar surface area (TPSA) is 86.2 Å². The highest BCUT2D eigenvalue weighted by molar-refractivity contribution is 5.53. The van der Waals surface area contributed by atoms with E-state index in [1.54, 1.807) is 24.4 Å². The summed E-state index contributed by atoms with van der Waals surface area (Å²) in [6.45, 7) is 4.36. The molecule has 2 aromatic heterocycles. The van der Waals surface area contributed by atoms with E-state index < -0.39 is 0 Å². The summed E-state index contributed by atoms with van der Waals surface area (Å²) in [6.07, 6.45) is 1.63. The Labute approximate surface area is 105 Å². The van der Waals surface area contributed by atoms with Crippen LogP contribution in [-0.4, -0.2) is 16.2 Å². The fourth-order valence-electron chi connectivity index (χ4n) is 1.38. The van der Waals surface area contributed by atoms with Gasteiger partial charge in [-0.1, -0.05) is 5.16 Å². The van der Waals surface area contributed by atoms with E-state index in [-0.39, 0.29) is 6.10 Å². The molecule has 0 aliphatic carbocycles. The van der Waals surface area contributed by atoms with Gasteiger partial charge in [0, 0.05) is 6.07 Å². The van der Waals surface area contributed by atoms with Crippen LogP contribution in [0.25, 0.3) is 0 Å². The van der Waals surface area contributed by atoms with Crippen molar-refractivity contribution in [3.63, 3.8) is 0 Å². The van der Waals surface area contributed by atoms with Crippen molar-refractivity contribution in [1.82, 2.24) is 10.1 Å². The molecule has 2 heterocycles. The lowest BCUT2D eigenvalue weighted by Crippen LogP contribution is -2.10. The van der Waals surface area contributed by atoms with Crippen molar-refractivity contribution in [2.24, 2.45) is 0 Å². The zero-order valence-corrected chi connectivity index (χ0v) is 10.4. The first-order valence-corrected chi connectivity index (χ1v) is 5.72. The van der Waals surface area contributed by atoms with Crippen LogP contribution < -0.4 is 15.8 Å². The van der Waals surface area contributed by atoms with E-state index in [1.807, 2.05) is 13.8 Å². The van der Waals surface area contributed by atoms with Gasteiger partial charge in [-0.3, -0.25) is 0 Å². The summed E-state index contributed by atoms with van der Waals surface area (Å²) in [5, 5.41) is 6.73. The van der Waals surface area contributed by atoms with Crippen LogP contribution in [0.5, 0.6) is 5.88 Å². The third-order valence-corrected chi connectivity index (χ3v) is 2.17. The molecule has 0 aliphatic heterocycles. The Balaban J connectivity index is 2.04. The van der Waals surface area contributed by atoms with Crippen LogP contribution in [0.15, 0.2) is 28.9 Å². The number of pyridine rings is 1. The molecule has 0 saturated heterocycles. The number of nitrogen functional groups attached to an aromatic ring is 1. The Morgan fingerprint density at radius 1 is 1.39 bits per heavy atom. The zero-order valence-electron chi connectivity index (χ0n) is 10.4. The molecule has 2 aromatic rings. The van der Waals surface area contributed by atoms with Gasteiger partial charge in [0.25, 0.3) is 0 Å². The Bertz CT molecular complexity index is 497. The molecule has 0 bridgehead atoms. The summed E-state index contributed by atoms with van der Waals surface area (Å²) in [4.78, 5) is 4.29. The molecule has 0 fully saturated rings. The Morgan fingerprint density at radius 2 is 2.22 bits per heavy atom. The average molecular weight is 248 g/mol. The van der Waals surface area contributed by atoms with E-state index >= 15 is 0 Å². The first-order valence-electron chi connectivity index (χ1n) is 5.72. The normalized spacial score (nSPS) is 10.6. The number of nitrogens with zero attached hydrogens (tertiary/aromatic N) is 2. The second-order valence-electron chi connectivity index (χ2n) is 4.09. The highest BCUT2D eigenvalue weighted by Gasteiger charge is 2.06. The largest absolute Gasteiger partial charge is 0.473 e. The summed E-state index contributed by atoms with van der Waals surface area (Å²) in [6, 6.07) is 5.34. The molecule has 0 unspecified atom stereocenters. The Morgan fingerprint density at radius 3 is 2.89 bits per heavy atom. The number of nitrogens with two attached hydrogens (primary N) is 1. The van der Waals surface area contributed by atoms with Gasteiger partial charge < -0.3 is 20.3 Å². The van der Waals surface area contributed by atoms with Crippen molar-refractivity contribution in [3.05, 3.63) is 30.2 Å². The minimum Gasteiger partial charge on any atom is -0.473 e. The second kappa shape index (κ2) is 5.39. The molecule has 6 heteroatoms. The third kappa shape index (κ3) is 3.13. The summed E-state index contributed by atoms with van der Waals surface area (Å²) >= 11 is 0.